The van der Waals surface area contributed by atoms with Crippen LogP contribution in [0.25, 0.3) is 0 Å². The first kappa shape index (κ1) is 17.5. The summed E-state index contributed by atoms with van der Waals surface area (Å²) >= 11 is 1.62. The van der Waals surface area contributed by atoms with E-state index in [4.69, 9.17) is 9.84 Å². The SMILES string of the molecule is O=C(O)COc1ccc(CCNC(=O)c2cc3c(s2)CCCC3)cc1. The van der Waals surface area contributed by atoms with E-state index in [9.17, 15) is 9.59 Å². The lowest BCUT2D eigenvalue weighted by molar-refractivity contribution is -0.139. The molecule has 2 N–H and O–H groups in total. The number of carbonyl (C=O) groups excluding carboxylic acids is 1. The fourth-order valence-corrected chi connectivity index (χ4v) is 4.08. The summed E-state index contributed by atoms with van der Waals surface area (Å²) in [6.45, 7) is 0.219. The Morgan fingerprint density at radius 1 is 1.16 bits per heavy atom. The van der Waals surface area contributed by atoms with E-state index < -0.39 is 5.97 Å². The second-order valence-electron chi connectivity index (χ2n) is 6.10. The zero-order valence-electron chi connectivity index (χ0n) is 13.9. The number of aliphatic carboxylic acids is 1. The molecule has 0 bridgehead atoms. The molecule has 0 saturated carbocycles. The third kappa shape index (κ3) is 4.82. The summed E-state index contributed by atoms with van der Waals surface area (Å²) in [6.07, 6.45) is 5.35. The maximum Gasteiger partial charge on any atom is 0.341 e. The van der Waals surface area contributed by atoms with Crippen LogP contribution >= 0.6 is 11.3 Å². The molecule has 1 amide bonds. The first-order valence-corrected chi connectivity index (χ1v) is 9.27. The van der Waals surface area contributed by atoms with Crippen LogP contribution in [0.1, 0.15) is 38.5 Å². The molecule has 0 spiro atoms. The van der Waals surface area contributed by atoms with E-state index in [2.05, 4.69) is 5.32 Å². The van der Waals surface area contributed by atoms with Crippen molar-refractivity contribution in [2.24, 2.45) is 0 Å². The Morgan fingerprint density at radius 2 is 1.92 bits per heavy atom. The van der Waals surface area contributed by atoms with Crippen LogP contribution in [0.2, 0.25) is 0 Å². The third-order valence-electron chi connectivity index (χ3n) is 4.21. The van der Waals surface area contributed by atoms with Gasteiger partial charge in [-0.15, -0.1) is 11.3 Å². The van der Waals surface area contributed by atoms with E-state index in [-0.39, 0.29) is 12.5 Å². The molecule has 3 rings (SSSR count). The predicted molar refractivity (Wildman–Crippen MR) is 96.6 cm³/mol. The van der Waals surface area contributed by atoms with Gasteiger partial charge in [-0.05, 0) is 61.4 Å². The average Bonchev–Trinajstić information content (AvgIpc) is 3.05. The van der Waals surface area contributed by atoms with Crippen molar-refractivity contribution in [3.05, 3.63) is 51.2 Å². The second-order valence-corrected chi connectivity index (χ2v) is 7.24. The monoisotopic (exact) mass is 359 g/mol. The number of hydrogen-bond donors (Lipinski definition) is 2. The molecule has 132 valence electrons. The Balaban J connectivity index is 1.46. The number of aryl methyl sites for hydroxylation is 2. The van der Waals surface area contributed by atoms with Crippen LogP contribution in [-0.2, 0) is 24.1 Å². The number of fused-ring (bicyclic) bond motifs is 1. The second kappa shape index (κ2) is 8.16. The molecule has 2 aromatic rings. The molecule has 1 aromatic carbocycles. The van der Waals surface area contributed by atoms with Crippen LogP contribution in [0.4, 0.5) is 0 Å². The van der Waals surface area contributed by atoms with Crippen molar-refractivity contribution in [1.29, 1.82) is 0 Å². The first-order valence-electron chi connectivity index (χ1n) is 8.45. The van der Waals surface area contributed by atoms with Gasteiger partial charge in [0.15, 0.2) is 6.61 Å². The molecule has 1 heterocycles. The zero-order valence-corrected chi connectivity index (χ0v) is 14.7. The lowest BCUT2D eigenvalue weighted by atomic mass is 9.99. The van der Waals surface area contributed by atoms with Crippen LogP contribution in [0.3, 0.4) is 0 Å². The molecule has 0 radical (unpaired) electrons. The van der Waals surface area contributed by atoms with E-state index in [1.54, 1.807) is 23.5 Å². The maximum atomic E-state index is 12.3. The molecule has 1 aliphatic carbocycles. The molecule has 0 unspecified atom stereocenters. The summed E-state index contributed by atoms with van der Waals surface area (Å²) < 4.78 is 5.09. The number of carboxylic acids is 1. The van der Waals surface area contributed by atoms with Crippen LogP contribution in [-0.4, -0.2) is 30.1 Å². The Hall–Kier alpha value is -2.34. The van der Waals surface area contributed by atoms with Gasteiger partial charge in [0.2, 0.25) is 0 Å². The van der Waals surface area contributed by atoms with Crippen LogP contribution in [0.15, 0.2) is 30.3 Å². The van der Waals surface area contributed by atoms with Gasteiger partial charge in [-0.2, -0.15) is 0 Å². The van der Waals surface area contributed by atoms with E-state index in [0.717, 1.165) is 29.7 Å². The van der Waals surface area contributed by atoms with Crippen LogP contribution in [0.5, 0.6) is 5.75 Å². The van der Waals surface area contributed by atoms with Gasteiger partial charge in [0.1, 0.15) is 5.75 Å². The Kier molecular flexibility index (Phi) is 5.71. The minimum absolute atomic E-state index is 0.000752. The molecule has 25 heavy (non-hydrogen) atoms. The number of amides is 1. The number of carboxylic acid groups (broad SMARTS) is 1. The number of carbonyl (C=O) groups is 2. The first-order chi connectivity index (χ1) is 12.1. The number of hydrogen-bond acceptors (Lipinski definition) is 4. The summed E-state index contributed by atoms with van der Waals surface area (Å²) in [5.41, 5.74) is 2.41. The summed E-state index contributed by atoms with van der Waals surface area (Å²) in [6, 6.07) is 9.30. The summed E-state index contributed by atoms with van der Waals surface area (Å²) in [7, 11) is 0. The van der Waals surface area contributed by atoms with Gasteiger partial charge in [0.05, 0.1) is 4.88 Å². The Bertz CT molecular complexity index is 728. The lowest BCUT2D eigenvalue weighted by Gasteiger charge is -2.08. The highest BCUT2D eigenvalue weighted by Gasteiger charge is 2.16. The highest BCUT2D eigenvalue weighted by Crippen LogP contribution is 2.29. The van der Waals surface area contributed by atoms with Gasteiger partial charge in [-0.1, -0.05) is 12.1 Å². The molecule has 0 fully saturated rings. The van der Waals surface area contributed by atoms with Gasteiger partial charge in [-0.25, -0.2) is 4.79 Å². The Morgan fingerprint density at radius 3 is 2.64 bits per heavy atom. The minimum atomic E-state index is -0.998. The quantitative estimate of drug-likeness (QED) is 0.797. The largest absolute Gasteiger partial charge is 0.482 e. The number of rotatable bonds is 7. The molecule has 0 atom stereocenters. The molecule has 1 aliphatic rings. The molecule has 6 heteroatoms. The Labute approximate surface area is 150 Å². The van der Waals surface area contributed by atoms with Gasteiger partial charge in [0.25, 0.3) is 5.91 Å². The van der Waals surface area contributed by atoms with Gasteiger partial charge in [0, 0.05) is 11.4 Å². The third-order valence-corrected chi connectivity index (χ3v) is 5.44. The van der Waals surface area contributed by atoms with E-state index in [1.807, 2.05) is 18.2 Å². The predicted octanol–water partition coefficient (Wildman–Crippen LogP) is 3.06. The van der Waals surface area contributed by atoms with Crippen molar-refractivity contribution in [3.8, 4) is 5.75 Å². The standard InChI is InChI=1S/C19H21NO4S/c21-18(22)12-24-15-7-5-13(6-8-15)9-10-20-19(23)17-11-14-3-1-2-4-16(14)25-17/h5-8,11H,1-4,9-10,12H2,(H,20,23)(H,21,22). The fourth-order valence-electron chi connectivity index (χ4n) is 2.91. The normalized spacial score (nSPS) is 13.1. The van der Waals surface area contributed by atoms with E-state index >= 15 is 0 Å². The van der Waals surface area contributed by atoms with E-state index in [1.165, 1.54) is 23.3 Å². The number of ether oxygens (including phenoxy) is 1. The van der Waals surface area contributed by atoms with Crippen molar-refractivity contribution in [2.75, 3.05) is 13.2 Å². The van der Waals surface area contributed by atoms with Gasteiger partial charge >= 0.3 is 5.97 Å². The number of benzene rings is 1. The molecule has 1 aromatic heterocycles. The number of nitrogens with one attached hydrogen (secondary N) is 1. The molecule has 0 aliphatic heterocycles. The summed E-state index contributed by atoms with van der Waals surface area (Å²) in [5, 5.41) is 11.6. The van der Waals surface area contributed by atoms with Crippen molar-refractivity contribution >= 4 is 23.2 Å². The topological polar surface area (TPSA) is 75.6 Å². The highest BCUT2D eigenvalue weighted by atomic mass is 32.1. The molecular weight excluding hydrogens is 338 g/mol. The smallest absolute Gasteiger partial charge is 0.341 e. The van der Waals surface area contributed by atoms with Gasteiger partial charge in [-0.3, -0.25) is 4.79 Å². The van der Waals surface area contributed by atoms with Crippen molar-refractivity contribution in [3.63, 3.8) is 0 Å². The highest BCUT2D eigenvalue weighted by molar-refractivity contribution is 7.14. The average molecular weight is 359 g/mol. The van der Waals surface area contributed by atoms with Crippen LogP contribution < -0.4 is 10.1 Å². The van der Waals surface area contributed by atoms with Gasteiger partial charge < -0.3 is 15.2 Å². The maximum absolute atomic E-state index is 12.3. The molecular formula is C19H21NO4S. The van der Waals surface area contributed by atoms with Crippen molar-refractivity contribution in [2.45, 2.75) is 32.1 Å². The lowest BCUT2D eigenvalue weighted by Crippen LogP contribution is -2.24. The van der Waals surface area contributed by atoms with Crippen LogP contribution in [0, 0.1) is 0 Å². The van der Waals surface area contributed by atoms with Crippen molar-refractivity contribution < 1.29 is 19.4 Å². The molecule has 5 nitrogen and oxygen atoms in total. The molecule has 0 saturated heterocycles. The fraction of sp³-hybridized carbons (Fsp3) is 0.368. The number of thiophene rings is 1. The zero-order chi connectivity index (χ0) is 17.6. The minimum Gasteiger partial charge on any atom is -0.482 e. The van der Waals surface area contributed by atoms with E-state index in [0.29, 0.717) is 12.3 Å². The van der Waals surface area contributed by atoms with Crippen molar-refractivity contribution in [1.82, 2.24) is 5.32 Å². The summed E-state index contributed by atoms with van der Waals surface area (Å²) in [5.74, 6) is -0.470. The summed E-state index contributed by atoms with van der Waals surface area (Å²) in [4.78, 5) is 24.9.